The molecule has 1 aromatic carbocycles. The van der Waals surface area contributed by atoms with E-state index in [-0.39, 0.29) is 12.3 Å². The number of anilines is 2. The first-order valence-electron chi connectivity index (χ1n) is 5.89. The van der Waals surface area contributed by atoms with Crippen LogP contribution < -0.4 is 10.6 Å². The summed E-state index contributed by atoms with van der Waals surface area (Å²) in [6.07, 6.45) is 1.48. The number of benzene rings is 1. The number of nitrogens with two attached hydrogens (primary N) is 1. The second-order valence-electron chi connectivity index (χ2n) is 4.31. The fourth-order valence-electron chi connectivity index (χ4n) is 1.70. The zero-order valence-electron chi connectivity index (χ0n) is 10.8. The minimum absolute atomic E-state index is 0.0217. The van der Waals surface area contributed by atoms with Gasteiger partial charge in [0.1, 0.15) is 11.6 Å². The zero-order valence-corrected chi connectivity index (χ0v) is 12.4. The SMILES string of the molecule is CN(C(=O)Cc1cc(Br)ccc1F)c1ccc(N)nc1. The van der Waals surface area contributed by atoms with E-state index in [2.05, 4.69) is 20.9 Å². The molecule has 2 N–H and O–H groups in total. The molecule has 0 fully saturated rings. The summed E-state index contributed by atoms with van der Waals surface area (Å²) >= 11 is 3.26. The standard InChI is InChI=1S/C14H13BrFN3O/c1-19(11-3-5-13(17)18-8-11)14(20)7-9-6-10(15)2-4-12(9)16/h2-6,8H,7H2,1H3,(H2,17,18). The van der Waals surface area contributed by atoms with Crippen LogP contribution in [-0.2, 0) is 11.2 Å². The van der Waals surface area contributed by atoms with Gasteiger partial charge < -0.3 is 10.6 Å². The van der Waals surface area contributed by atoms with Gasteiger partial charge in [0.15, 0.2) is 0 Å². The van der Waals surface area contributed by atoms with Crippen molar-refractivity contribution in [2.45, 2.75) is 6.42 Å². The van der Waals surface area contributed by atoms with Crippen molar-refractivity contribution in [2.24, 2.45) is 0 Å². The van der Waals surface area contributed by atoms with Crippen LogP contribution in [0, 0.1) is 5.82 Å². The average Bonchev–Trinajstić information content (AvgIpc) is 2.43. The van der Waals surface area contributed by atoms with Gasteiger partial charge in [-0.15, -0.1) is 0 Å². The molecule has 4 nitrogen and oxygen atoms in total. The molecule has 0 saturated carbocycles. The Morgan fingerprint density at radius 1 is 1.40 bits per heavy atom. The van der Waals surface area contributed by atoms with Gasteiger partial charge in [0.05, 0.1) is 18.3 Å². The lowest BCUT2D eigenvalue weighted by atomic mass is 10.1. The molecule has 6 heteroatoms. The van der Waals surface area contributed by atoms with Crippen molar-refractivity contribution in [1.82, 2.24) is 4.98 Å². The molecule has 2 aromatic rings. The minimum Gasteiger partial charge on any atom is -0.384 e. The third-order valence-corrected chi connectivity index (χ3v) is 3.37. The van der Waals surface area contributed by atoms with Crippen molar-refractivity contribution in [3.05, 3.63) is 52.4 Å². The topological polar surface area (TPSA) is 59.2 Å². The molecule has 1 heterocycles. The predicted molar refractivity (Wildman–Crippen MR) is 79.9 cm³/mol. The third kappa shape index (κ3) is 3.33. The van der Waals surface area contributed by atoms with Crippen LogP contribution in [0.5, 0.6) is 0 Å². The summed E-state index contributed by atoms with van der Waals surface area (Å²) < 4.78 is 14.4. The third-order valence-electron chi connectivity index (χ3n) is 2.88. The highest BCUT2D eigenvalue weighted by atomic mass is 79.9. The van der Waals surface area contributed by atoms with E-state index in [1.54, 1.807) is 31.3 Å². The Hall–Kier alpha value is -1.95. The van der Waals surface area contributed by atoms with Gasteiger partial charge in [0.25, 0.3) is 0 Å². The van der Waals surface area contributed by atoms with Crippen molar-refractivity contribution in [2.75, 3.05) is 17.7 Å². The first kappa shape index (κ1) is 14.5. The summed E-state index contributed by atoms with van der Waals surface area (Å²) in [6, 6.07) is 7.83. The van der Waals surface area contributed by atoms with Crippen LogP contribution in [0.1, 0.15) is 5.56 Å². The van der Waals surface area contributed by atoms with Gasteiger partial charge >= 0.3 is 0 Å². The number of nitrogens with zero attached hydrogens (tertiary/aromatic N) is 2. The van der Waals surface area contributed by atoms with Crippen LogP contribution in [0.2, 0.25) is 0 Å². The van der Waals surface area contributed by atoms with Gasteiger partial charge in [0, 0.05) is 11.5 Å². The van der Waals surface area contributed by atoms with Crippen molar-refractivity contribution >= 4 is 33.3 Å². The van der Waals surface area contributed by atoms with E-state index in [0.717, 1.165) is 4.47 Å². The lowest BCUT2D eigenvalue weighted by molar-refractivity contribution is -0.117. The maximum absolute atomic E-state index is 13.6. The summed E-state index contributed by atoms with van der Waals surface area (Å²) in [5, 5.41) is 0. The molecule has 20 heavy (non-hydrogen) atoms. The number of amides is 1. The number of hydrogen-bond acceptors (Lipinski definition) is 3. The van der Waals surface area contributed by atoms with Crippen LogP contribution in [0.25, 0.3) is 0 Å². The quantitative estimate of drug-likeness (QED) is 0.936. The Bertz CT molecular complexity index is 631. The summed E-state index contributed by atoms with van der Waals surface area (Å²) in [4.78, 5) is 17.5. The van der Waals surface area contributed by atoms with Crippen LogP contribution in [-0.4, -0.2) is 17.9 Å². The Morgan fingerprint density at radius 3 is 2.80 bits per heavy atom. The van der Waals surface area contributed by atoms with E-state index >= 15 is 0 Å². The van der Waals surface area contributed by atoms with E-state index < -0.39 is 5.82 Å². The lowest BCUT2D eigenvalue weighted by Gasteiger charge is -2.17. The molecule has 1 amide bonds. The second-order valence-corrected chi connectivity index (χ2v) is 5.22. The molecule has 2 rings (SSSR count). The highest BCUT2D eigenvalue weighted by Crippen LogP contribution is 2.18. The molecular formula is C14H13BrFN3O. The predicted octanol–water partition coefficient (Wildman–Crippen LogP) is 2.77. The van der Waals surface area contributed by atoms with Gasteiger partial charge in [-0.3, -0.25) is 4.79 Å². The maximum atomic E-state index is 13.6. The molecule has 0 aliphatic heterocycles. The Kier molecular flexibility index (Phi) is 4.34. The number of aromatic nitrogens is 1. The fraction of sp³-hybridized carbons (Fsp3) is 0.143. The number of carbonyl (C=O) groups is 1. The summed E-state index contributed by atoms with van der Waals surface area (Å²) in [5.74, 6) is -0.244. The maximum Gasteiger partial charge on any atom is 0.231 e. The van der Waals surface area contributed by atoms with Gasteiger partial charge in [0.2, 0.25) is 5.91 Å². The normalized spacial score (nSPS) is 10.3. The van der Waals surface area contributed by atoms with E-state index in [4.69, 9.17) is 5.73 Å². The molecule has 0 aliphatic carbocycles. The minimum atomic E-state index is -0.398. The van der Waals surface area contributed by atoms with Crippen molar-refractivity contribution < 1.29 is 9.18 Å². The summed E-state index contributed by atoms with van der Waals surface area (Å²) in [5.41, 5.74) is 6.45. The fourth-order valence-corrected chi connectivity index (χ4v) is 2.11. The summed E-state index contributed by atoms with van der Waals surface area (Å²) in [7, 11) is 1.62. The van der Waals surface area contributed by atoms with E-state index in [9.17, 15) is 9.18 Å². The zero-order chi connectivity index (χ0) is 14.7. The Balaban J connectivity index is 2.15. The van der Waals surface area contributed by atoms with Gasteiger partial charge in [-0.1, -0.05) is 15.9 Å². The molecular weight excluding hydrogens is 325 g/mol. The van der Waals surface area contributed by atoms with E-state index in [1.807, 2.05) is 0 Å². The number of hydrogen-bond donors (Lipinski definition) is 1. The number of rotatable bonds is 3. The van der Waals surface area contributed by atoms with Crippen molar-refractivity contribution in [1.29, 1.82) is 0 Å². The van der Waals surface area contributed by atoms with E-state index in [0.29, 0.717) is 17.1 Å². The molecule has 1 aromatic heterocycles. The first-order valence-corrected chi connectivity index (χ1v) is 6.68. The molecule has 0 bridgehead atoms. The molecule has 0 atom stereocenters. The van der Waals surface area contributed by atoms with Crippen molar-refractivity contribution in [3.63, 3.8) is 0 Å². The molecule has 104 valence electrons. The highest BCUT2D eigenvalue weighted by molar-refractivity contribution is 9.10. The second kappa shape index (κ2) is 6.00. The average molecular weight is 338 g/mol. The molecule has 0 aliphatic rings. The molecule has 0 radical (unpaired) electrons. The van der Waals surface area contributed by atoms with E-state index in [1.165, 1.54) is 17.2 Å². The monoisotopic (exact) mass is 337 g/mol. The Morgan fingerprint density at radius 2 is 2.15 bits per heavy atom. The lowest BCUT2D eigenvalue weighted by Crippen LogP contribution is -2.28. The van der Waals surface area contributed by atoms with Gasteiger partial charge in [-0.25, -0.2) is 9.37 Å². The number of pyridine rings is 1. The molecule has 0 unspecified atom stereocenters. The van der Waals surface area contributed by atoms with Crippen LogP contribution >= 0.6 is 15.9 Å². The first-order chi connectivity index (χ1) is 9.47. The number of likely N-dealkylation sites (N-methyl/N-ethyl adjacent to an activating group) is 1. The smallest absolute Gasteiger partial charge is 0.231 e. The number of carbonyl (C=O) groups excluding carboxylic acids is 1. The number of nitrogen functional groups attached to an aromatic ring is 1. The van der Waals surface area contributed by atoms with Crippen molar-refractivity contribution in [3.8, 4) is 0 Å². The van der Waals surface area contributed by atoms with Crippen LogP contribution in [0.4, 0.5) is 15.9 Å². The van der Waals surface area contributed by atoms with Crippen LogP contribution in [0.3, 0.4) is 0 Å². The molecule has 0 spiro atoms. The molecule has 0 saturated heterocycles. The summed E-state index contributed by atoms with van der Waals surface area (Å²) in [6.45, 7) is 0. The highest BCUT2D eigenvalue weighted by Gasteiger charge is 2.14. The van der Waals surface area contributed by atoms with Crippen LogP contribution in [0.15, 0.2) is 41.0 Å². The van der Waals surface area contributed by atoms with Gasteiger partial charge in [-0.2, -0.15) is 0 Å². The largest absolute Gasteiger partial charge is 0.384 e. The Labute approximate surface area is 124 Å². The van der Waals surface area contributed by atoms with Gasteiger partial charge in [-0.05, 0) is 35.9 Å². The number of halogens is 2.